The first-order valence-corrected chi connectivity index (χ1v) is 8.55. The molecule has 0 aliphatic carbocycles. The molecule has 0 saturated carbocycles. The Balaban J connectivity index is 1.76. The second kappa shape index (κ2) is 7.45. The number of hydrogen-bond donors (Lipinski definition) is 3. The maximum absolute atomic E-state index is 5.95. The molecule has 0 fully saturated rings. The fraction of sp³-hybridized carbons (Fsp3) is 0.158. The molecule has 1 aromatic heterocycles. The summed E-state index contributed by atoms with van der Waals surface area (Å²) in [5.41, 5.74) is 10.8. The van der Waals surface area contributed by atoms with Crippen molar-refractivity contribution >= 4 is 45.8 Å². The first-order chi connectivity index (χ1) is 12.4. The molecule has 1 heterocycles. The zero-order valence-electron chi connectivity index (χ0n) is 14.9. The summed E-state index contributed by atoms with van der Waals surface area (Å²) in [5.74, 6) is 0.516. The number of benzene rings is 2. The van der Waals surface area contributed by atoms with Gasteiger partial charge in [-0.3, -0.25) is 5.32 Å². The lowest BCUT2D eigenvalue weighted by atomic mass is 10.1. The van der Waals surface area contributed by atoms with Gasteiger partial charge in [-0.1, -0.05) is 24.3 Å². The maximum atomic E-state index is 5.95. The molecule has 26 heavy (non-hydrogen) atoms. The number of aryl methyl sites for hydroxylation is 3. The first kappa shape index (κ1) is 17.8. The van der Waals surface area contributed by atoms with Gasteiger partial charge >= 0.3 is 0 Å². The van der Waals surface area contributed by atoms with Crippen LogP contribution in [0.2, 0.25) is 0 Å². The van der Waals surface area contributed by atoms with E-state index in [9.17, 15) is 0 Å². The molecule has 0 saturated heterocycles. The number of hydrogen-bond acceptors (Lipinski definition) is 3. The van der Waals surface area contributed by atoms with E-state index in [1.807, 2.05) is 63.2 Å². The Kier molecular flexibility index (Phi) is 5.09. The van der Waals surface area contributed by atoms with Crippen LogP contribution in [-0.4, -0.2) is 21.0 Å². The number of aromatic nitrogens is 2. The Morgan fingerprint density at radius 1 is 1.00 bits per heavy atom. The van der Waals surface area contributed by atoms with E-state index in [1.54, 1.807) is 0 Å². The number of nitrogens with two attached hydrogens (primary N) is 1. The second-order valence-corrected chi connectivity index (χ2v) is 6.46. The summed E-state index contributed by atoms with van der Waals surface area (Å²) in [7, 11) is 0. The van der Waals surface area contributed by atoms with Crippen LogP contribution in [0.4, 0.5) is 11.6 Å². The molecular formula is C19H20N6S. The van der Waals surface area contributed by atoms with E-state index in [-0.39, 0.29) is 11.1 Å². The summed E-state index contributed by atoms with van der Waals surface area (Å²) >= 11 is 5.23. The molecule has 7 heteroatoms. The van der Waals surface area contributed by atoms with E-state index in [0.29, 0.717) is 5.95 Å². The summed E-state index contributed by atoms with van der Waals surface area (Å²) in [4.78, 5) is 13.1. The number of aliphatic imine (C=N–C) groups is 1. The van der Waals surface area contributed by atoms with E-state index in [1.165, 1.54) is 0 Å². The number of anilines is 2. The molecular weight excluding hydrogens is 344 g/mol. The number of rotatable bonds is 2. The van der Waals surface area contributed by atoms with Crippen molar-refractivity contribution in [1.29, 1.82) is 0 Å². The van der Waals surface area contributed by atoms with Crippen molar-refractivity contribution in [3.8, 4) is 0 Å². The third-order valence-electron chi connectivity index (χ3n) is 3.77. The lowest BCUT2D eigenvalue weighted by Crippen LogP contribution is -2.26. The predicted octanol–water partition coefficient (Wildman–Crippen LogP) is 3.68. The standard InChI is InChI=1S/C19H20N6S/c1-11-5-4-6-14(9-11)22-19(26)25-17(20)24-18-21-13(3)15-8-7-12(2)10-16(15)23-18/h4-10H,1-3H3,(H4,20,21,22,23,24,25,26). The predicted molar refractivity (Wildman–Crippen MR) is 112 cm³/mol. The molecule has 132 valence electrons. The van der Waals surface area contributed by atoms with Gasteiger partial charge in [0.05, 0.1) is 11.2 Å². The highest BCUT2D eigenvalue weighted by molar-refractivity contribution is 7.80. The number of thiocarbonyl (C=S) groups is 1. The van der Waals surface area contributed by atoms with Crippen molar-refractivity contribution in [2.24, 2.45) is 10.7 Å². The average molecular weight is 364 g/mol. The first-order valence-electron chi connectivity index (χ1n) is 8.14. The van der Waals surface area contributed by atoms with Gasteiger partial charge in [0, 0.05) is 11.1 Å². The third kappa shape index (κ3) is 4.31. The summed E-state index contributed by atoms with van der Waals surface area (Å²) in [6, 6.07) is 13.9. The van der Waals surface area contributed by atoms with Gasteiger partial charge < -0.3 is 11.1 Å². The van der Waals surface area contributed by atoms with E-state index >= 15 is 0 Å². The highest BCUT2D eigenvalue weighted by Gasteiger charge is 2.06. The molecule has 0 aliphatic heterocycles. The Labute approximate surface area is 157 Å². The lowest BCUT2D eigenvalue weighted by Gasteiger charge is -2.09. The van der Waals surface area contributed by atoms with Crippen molar-refractivity contribution in [2.45, 2.75) is 20.8 Å². The average Bonchev–Trinajstić information content (AvgIpc) is 2.53. The fourth-order valence-electron chi connectivity index (χ4n) is 2.58. The van der Waals surface area contributed by atoms with E-state index < -0.39 is 0 Å². The Morgan fingerprint density at radius 2 is 1.77 bits per heavy atom. The molecule has 0 amide bonds. The van der Waals surface area contributed by atoms with Crippen LogP contribution in [0.15, 0.2) is 47.5 Å². The topological polar surface area (TPSA) is 88.2 Å². The van der Waals surface area contributed by atoms with Crippen LogP contribution >= 0.6 is 12.2 Å². The Morgan fingerprint density at radius 3 is 2.54 bits per heavy atom. The van der Waals surface area contributed by atoms with Crippen molar-refractivity contribution in [1.82, 2.24) is 9.97 Å². The molecule has 0 radical (unpaired) electrons. The van der Waals surface area contributed by atoms with E-state index in [4.69, 9.17) is 18.0 Å². The second-order valence-electron chi connectivity index (χ2n) is 6.07. The van der Waals surface area contributed by atoms with Gasteiger partial charge in [0.1, 0.15) is 0 Å². The summed E-state index contributed by atoms with van der Waals surface area (Å²) < 4.78 is 0. The molecule has 0 aliphatic rings. The van der Waals surface area contributed by atoms with Gasteiger partial charge in [-0.25, -0.2) is 9.97 Å². The third-order valence-corrected chi connectivity index (χ3v) is 3.97. The molecule has 6 nitrogen and oxygen atoms in total. The number of nitrogens with zero attached hydrogens (tertiary/aromatic N) is 3. The summed E-state index contributed by atoms with van der Waals surface area (Å²) in [6.07, 6.45) is 0. The zero-order chi connectivity index (χ0) is 18.7. The molecule has 0 unspecified atom stereocenters. The minimum absolute atomic E-state index is 0.126. The van der Waals surface area contributed by atoms with E-state index in [0.717, 1.165) is 33.4 Å². The van der Waals surface area contributed by atoms with E-state index in [2.05, 4.69) is 25.6 Å². The van der Waals surface area contributed by atoms with Crippen molar-refractivity contribution < 1.29 is 0 Å². The Bertz CT molecular complexity index is 1010. The molecule has 0 spiro atoms. The van der Waals surface area contributed by atoms with Crippen LogP contribution in [-0.2, 0) is 0 Å². The van der Waals surface area contributed by atoms with Gasteiger partial charge in [0.2, 0.25) is 17.0 Å². The molecule has 0 atom stereocenters. The molecule has 0 bridgehead atoms. The molecule has 3 rings (SSSR count). The van der Waals surface area contributed by atoms with Crippen LogP contribution in [0.5, 0.6) is 0 Å². The Hall–Kier alpha value is -3.06. The van der Waals surface area contributed by atoms with Gasteiger partial charge in [-0.2, -0.15) is 4.99 Å². The minimum Gasteiger partial charge on any atom is -0.369 e. The van der Waals surface area contributed by atoms with Crippen LogP contribution in [0.25, 0.3) is 10.9 Å². The number of fused-ring (bicyclic) bond motifs is 1. The molecule has 3 aromatic rings. The molecule has 4 N–H and O–H groups in total. The zero-order valence-corrected chi connectivity index (χ0v) is 15.7. The van der Waals surface area contributed by atoms with Crippen LogP contribution in [0.1, 0.15) is 16.8 Å². The monoisotopic (exact) mass is 364 g/mol. The van der Waals surface area contributed by atoms with Crippen LogP contribution < -0.4 is 16.4 Å². The number of nitrogens with one attached hydrogen (secondary N) is 2. The largest absolute Gasteiger partial charge is 0.369 e. The smallest absolute Gasteiger partial charge is 0.230 e. The van der Waals surface area contributed by atoms with Crippen molar-refractivity contribution in [2.75, 3.05) is 10.6 Å². The van der Waals surface area contributed by atoms with Gasteiger partial charge in [0.25, 0.3) is 0 Å². The van der Waals surface area contributed by atoms with Crippen molar-refractivity contribution in [3.63, 3.8) is 0 Å². The quantitative estimate of drug-likeness (QED) is 0.365. The van der Waals surface area contributed by atoms with Gasteiger partial charge in [0.15, 0.2) is 0 Å². The normalized spacial score (nSPS) is 11.4. The summed E-state index contributed by atoms with van der Waals surface area (Å²) in [6.45, 7) is 5.96. The fourth-order valence-corrected chi connectivity index (χ4v) is 2.80. The SMILES string of the molecule is Cc1cccc(NC(=S)N=C(N)Nc2nc(C)c3ccc(C)cc3n2)c1. The van der Waals surface area contributed by atoms with Gasteiger partial charge in [-0.05, 0) is 62.3 Å². The highest BCUT2D eigenvalue weighted by atomic mass is 32.1. The van der Waals surface area contributed by atoms with Crippen LogP contribution in [0, 0.1) is 20.8 Å². The number of guanidine groups is 1. The van der Waals surface area contributed by atoms with Crippen molar-refractivity contribution in [3.05, 3.63) is 59.3 Å². The maximum Gasteiger partial charge on any atom is 0.230 e. The lowest BCUT2D eigenvalue weighted by molar-refractivity contribution is 1.15. The molecule has 2 aromatic carbocycles. The van der Waals surface area contributed by atoms with Crippen LogP contribution in [0.3, 0.4) is 0 Å². The minimum atomic E-state index is 0.126. The van der Waals surface area contributed by atoms with Gasteiger partial charge in [-0.15, -0.1) is 0 Å². The highest BCUT2D eigenvalue weighted by Crippen LogP contribution is 2.18. The summed E-state index contributed by atoms with van der Waals surface area (Å²) in [5, 5.41) is 7.20.